The first-order valence-electron chi connectivity index (χ1n) is 8.30. The van der Waals surface area contributed by atoms with Crippen LogP contribution in [0, 0.1) is 12.7 Å². The van der Waals surface area contributed by atoms with Gasteiger partial charge in [0.15, 0.2) is 5.69 Å². The van der Waals surface area contributed by atoms with Crippen molar-refractivity contribution in [3.8, 4) is 5.69 Å². The second kappa shape index (κ2) is 6.66. The lowest BCUT2D eigenvalue weighted by atomic mass is 10.1. The Hall–Kier alpha value is -2.70. The molecule has 0 bridgehead atoms. The van der Waals surface area contributed by atoms with Gasteiger partial charge in [-0.2, -0.15) is 5.10 Å². The van der Waals surface area contributed by atoms with Crippen LogP contribution in [0.4, 0.5) is 4.39 Å². The van der Waals surface area contributed by atoms with Crippen LogP contribution in [-0.4, -0.2) is 44.8 Å². The van der Waals surface area contributed by atoms with Gasteiger partial charge >= 0.3 is 5.97 Å². The molecule has 2 aromatic rings. The lowest BCUT2D eigenvalue weighted by Gasteiger charge is -2.17. The van der Waals surface area contributed by atoms with E-state index >= 15 is 0 Å². The number of nitrogens with zero attached hydrogens (tertiary/aromatic N) is 3. The largest absolute Gasteiger partial charge is 0.480 e. The lowest BCUT2D eigenvalue weighted by Crippen LogP contribution is -2.36. The zero-order chi connectivity index (χ0) is 18.1. The molecule has 0 fully saturated rings. The number of likely N-dealkylation sites (N-methyl/N-ethyl adjacent to an activating group) is 1. The number of hydrogen-bond donors (Lipinski definition) is 1. The standard InChI is InChI=1S/C18H20FN3O3/c1-3-21(10-16(23)24)18(25)17-12-5-4-6-14(12)22(20-17)15-9-11(2)7-8-13(15)19/h7-9H,3-6,10H2,1-2H3,(H,23,24). The average molecular weight is 345 g/mol. The number of carbonyl (C=O) groups excluding carboxylic acids is 1. The van der Waals surface area contributed by atoms with Crippen molar-refractivity contribution in [2.75, 3.05) is 13.1 Å². The molecule has 3 rings (SSSR count). The van der Waals surface area contributed by atoms with Gasteiger partial charge in [-0.05, 0) is 50.8 Å². The molecular weight excluding hydrogens is 325 g/mol. The normalized spacial score (nSPS) is 12.9. The lowest BCUT2D eigenvalue weighted by molar-refractivity contribution is -0.137. The third kappa shape index (κ3) is 3.14. The molecule has 0 radical (unpaired) electrons. The number of aryl methyl sites for hydroxylation is 1. The smallest absolute Gasteiger partial charge is 0.323 e. The quantitative estimate of drug-likeness (QED) is 0.903. The van der Waals surface area contributed by atoms with Gasteiger partial charge in [-0.25, -0.2) is 9.07 Å². The summed E-state index contributed by atoms with van der Waals surface area (Å²) in [6.07, 6.45) is 2.27. The molecule has 1 heterocycles. The highest BCUT2D eigenvalue weighted by Gasteiger charge is 2.30. The van der Waals surface area contributed by atoms with Gasteiger partial charge in [-0.3, -0.25) is 9.59 Å². The van der Waals surface area contributed by atoms with Crippen molar-refractivity contribution in [2.24, 2.45) is 0 Å². The summed E-state index contributed by atoms with van der Waals surface area (Å²) in [5.74, 6) is -1.90. The minimum atomic E-state index is -1.07. The molecule has 0 atom stereocenters. The number of carboxylic acids is 1. The SMILES string of the molecule is CCN(CC(=O)O)C(=O)c1nn(-c2cc(C)ccc2F)c2c1CCC2. The second-order valence-electron chi connectivity index (χ2n) is 6.21. The molecule has 6 nitrogen and oxygen atoms in total. The highest BCUT2D eigenvalue weighted by molar-refractivity contribution is 5.96. The zero-order valence-corrected chi connectivity index (χ0v) is 14.3. The molecule has 0 unspecified atom stereocenters. The second-order valence-corrected chi connectivity index (χ2v) is 6.21. The molecule has 1 aromatic carbocycles. The van der Waals surface area contributed by atoms with Crippen molar-refractivity contribution >= 4 is 11.9 Å². The van der Waals surface area contributed by atoms with Crippen LogP contribution in [0.5, 0.6) is 0 Å². The van der Waals surface area contributed by atoms with E-state index in [0.717, 1.165) is 23.2 Å². The summed E-state index contributed by atoms with van der Waals surface area (Å²) in [5, 5.41) is 13.4. The van der Waals surface area contributed by atoms with Crippen LogP contribution < -0.4 is 0 Å². The molecule has 7 heteroatoms. The number of benzene rings is 1. The van der Waals surface area contributed by atoms with Gasteiger partial charge in [0.25, 0.3) is 5.91 Å². The fourth-order valence-electron chi connectivity index (χ4n) is 3.23. The van der Waals surface area contributed by atoms with Gasteiger partial charge in [-0.15, -0.1) is 0 Å². The van der Waals surface area contributed by atoms with Crippen molar-refractivity contribution in [1.29, 1.82) is 0 Å². The Bertz CT molecular complexity index is 844. The van der Waals surface area contributed by atoms with E-state index in [-0.39, 0.29) is 18.8 Å². The minimum Gasteiger partial charge on any atom is -0.480 e. The number of aliphatic carboxylic acids is 1. The van der Waals surface area contributed by atoms with E-state index in [1.807, 2.05) is 6.92 Å². The molecule has 132 valence electrons. The Kier molecular flexibility index (Phi) is 4.57. The van der Waals surface area contributed by atoms with Crippen LogP contribution in [0.1, 0.15) is 40.7 Å². The third-order valence-electron chi connectivity index (χ3n) is 4.46. The number of amides is 1. The maximum atomic E-state index is 14.3. The molecule has 0 aliphatic heterocycles. The highest BCUT2D eigenvalue weighted by atomic mass is 19.1. The topological polar surface area (TPSA) is 75.4 Å². The monoisotopic (exact) mass is 345 g/mol. The van der Waals surface area contributed by atoms with Gasteiger partial charge in [0, 0.05) is 17.8 Å². The third-order valence-corrected chi connectivity index (χ3v) is 4.46. The van der Waals surface area contributed by atoms with Gasteiger partial charge in [-0.1, -0.05) is 6.07 Å². The minimum absolute atomic E-state index is 0.233. The Balaban J connectivity index is 2.07. The summed E-state index contributed by atoms with van der Waals surface area (Å²) in [5.41, 5.74) is 3.08. The molecule has 25 heavy (non-hydrogen) atoms. The summed E-state index contributed by atoms with van der Waals surface area (Å²) in [4.78, 5) is 25.0. The van der Waals surface area contributed by atoms with E-state index in [0.29, 0.717) is 18.5 Å². The number of aromatic nitrogens is 2. The van der Waals surface area contributed by atoms with Crippen LogP contribution >= 0.6 is 0 Å². The van der Waals surface area contributed by atoms with E-state index in [2.05, 4.69) is 5.10 Å². The molecule has 1 aliphatic rings. The fourth-order valence-corrected chi connectivity index (χ4v) is 3.23. The molecule has 1 aromatic heterocycles. The number of fused-ring (bicyclic) bond motifs is 1. The molecule has 1 amide bonds. The van der Waals surface area contributed by atoms with Crippen molar-refractivity contribution in [1.82, 2.24) is 14.7 Å². The Labute approximate surface area is 144 Å². The van der Waals surface area contributed by atoms with Crippen molar-refractivity contribution in [3.63, 3.8) is 0 Å². The van der Waals surface area contributed by atoms with E-state index in [9.17, 15) is 14.0 Å². The first-order valence-corrected chi connectivity index (χ1v) is 8.30. The Morgan fingerprint density at radius 1 is 1.36 bits per heavy atom. The maximum Gasteiger partial charge on any atom is 0.323 e. The van der Waals surface area contributed by atoms with E-state index < -0.39 is 17.7 Å². The summed E-state index contributed by atoms with van der Waals surface area (Å²) >= 11 is 0. The molecule has 0 spiro atoms. The molecule has 0 saturated carbocycles. The van der Waals surface area contributed by atoms with Crippen LogP contribution in [0.15, 0.2) is 18.2 Å². The van der Waals surface area contributed by atoms with Gasteiger partial charge < -0.3 is 10.0 Å². The van der Waals surface area contributed by atoms with E-state index in [4.69, 9.17) is 5.11 Å². The molecular formula is C18H20FN3O3. The average Bonchev–Trinajstić information content (AvgIpc) is 3.16. The predicted molar refractivity (Wildman–Crippen MR) is 89.5 cm³/mol. The maximum absolute atomic E-state index is 14.3. The number of rotatable bonds is 5. The molecule has 0 saturated heterocycles. The van der Waals surface area contributed by atoms with Crippen LogP contribution in [0.2, 0.25) is 0 Å². The summed E-state index contributed by atoms with van der Waals surface area (Å²) in [6, 6.07) is 4.77. The number of carbonyl (C=O) groups is 2. The predicted octanol–water partition coefficient (Wildman–Crippen LogP) is 2.36. The van der Waals surface area contributed by atoms with Crippen molar-refractivity contribution in [3.05, 3.63) is 46.5 Å². The first-order chi connectivity index (χ1) is 11.9. The number of halogens is 1. The van der Waals surface area contributed by atoms with E-state index in [1.54, 1.807) is 19.1 Å². The van der Waals surface area contributed by atoms with Crippen LogP contribution in [0.3, 0.4) is 0 Å². The van der Waals surface area contributed by atoms with Gasteiger partial charge in [0.1, 0.15) is 18.0 Å². The van der Waals surface area contributed by atoms with Crippen molar-refractivity contribution < 1.29 is 19.1 Å². The number of carboxylic acid groups (broad SMARTS) is 1. The summed E-state index contributed by atoms with van der Waals surface area (Å²) < 4.78 is 15.8. The van der Waals surface area contributed by atoms with Crippen molar-refractivity contribution in [2.45, 2.75) is 33.1 Å². The first kappa shape index (κ1) is 17.1. The Morgan fingerprint density at radius 2 is 2.12 bits per heavy atom. The molecule has 1 aliphatic carbocycles. The van der Waals surface area contributed by atoms with Crippen LogP contribution in [0.25, 0.3) is 5.69 Å². The van der Waals surface area contributed by atoms with Gasteiger partial charge in [0.05, 0.1) is 0 Å². The van der Waals surface area contributed by atoms with Gasteiger partial charge in [0.2, 0.25) is 0 Å². The highest BCUT2D eigenvalue weighted by Crippen LogP contribution is 2.29. The Morgan fingerprint density at radius 3 is 2.80 bits per heavy atom. The van der Waals surface area contributed by atoms with Crippen LogP contribution in [-0.2, 0) is 17.6 Å². The summed E-state index contributed by atoms with van der Waals surface area (Å²) in [7, 11) is 0. The van der Waals surface area contributed by atoms with E-state index in [1.165, 1.54) is 15.6 Å². The fraction of sp³-hybridized carbons (Fsp3) is 0.389. The molecule has 1 N–H and O–H groups in total. The number of hydrogen-bond acceptors (Lipinski definition) is 3. The zero-order valence-electron chi connectivity index (χ0n) is 14.3. The summed E-state index contributed by atoms with van der Waals surface area (Å²) in [6.45, 7) is 3.48.